The second-order valence-electron chi connectivity index (χ2n) is 4.62. The molecule has 0 spiro atoms. The van der Waals surface area contributed by atoms with Gasteiger partial charge in [-0.2, -0.15) is 0 Å². The van der Waals surface area contributed by atoms with Gasteiger partial charge < -0.3 is 10.6 Å². The van der Waals surface area contributed by atoms with Gasteiger partial charge in [-0.1, -0.05) is 24.3 Å². The summed E-state index contributed by atoms with van der Waals surface area (Å²) in [7, 11) is 0. The molecule has 3 rings (SSSR count). The smallest absolute Gasteiger partial charge is 0.133 e. The summed E-state index contributed by atoms with van der Waals surface area (Å²) in [5, 5.41) is 9.32. The van der Waals surface area contributed by atoms with Crippen molar-refractivity contribution in [2.75, 3.05) is 25.0 Å². The van der Waals surface area contributed by atoms with E-state index in [0.29, 0.717) is 0 Å². The first-order valence-corrected chi connectivity index (χ1v) is 6.22. The summed E-state index contributed by atoms with van der Waals surface area (Å²) in [5.74, 6) is 1.74. The van der Waals surface area contributed by atoms with Crippen LogP contribution in [-0.4, -0.2) is 24.6 Å². The predicted octanol–water partition coefficient (Wildman–Crippen LogP) is 2.26. The average molecular weight is 227 g/mol. The van der Waals surface area contributed by atoms with Gasteiger partial charge in [0.1, 0.15) is 5.82 Å². The number of anilines is 1. The topological polar surface area (TPSA) is 37.0 Å². The fraction of sp³-hybridized carbons (Fsp3) is 0.357. The number of fused-ring (bicyclic) bond motifs is 1. The first-order chi connectivity index (χ1) is 8.43. The molecule has 3 nitrogen and oxygen atoms in total. The Bertz CT molecular complexity index is 498. The molecule has 2 aromatic rings. The molecule has 1 fully saturated rings. The molecule has 0 amide bonds. The maximum Gasteiger partial charge on any atom is 0.133 e. The van der Waals surface area contributed by atoms with Gasteiger partial charge in [0, 0.05) is 18.1 Å². The van der Waals surface area contributed by atoms with Crippen LogP contribution >= 0.6 is 0 Å². The number of benzene rings is 1. The molecule has 0 bridgehead atoms. The van der Waals surface area contributed by atoms with Crippen molar-refractivity contribution in [2.45, 2.75) is 6.42 Å². The maximum absolute atomic E-state index is 4.44. The predicted molar refractivity (Wildman–Crippen MR) is 71.2 cm³/mol. The summed E-state index contributed by atoms with van der Waals surface area (Å²) in [6.45, 7) is 3.28. The summed E-state index contributed by atoms with van der Waals surface area (Å²) >= 11 is 0. The molecule has 1 unspecified atom stereocenters. The van der Waals surface area contributed by atoms with E-state index in [9.17, 15) is 0 Å². The summed E-state index contributed by atoms with van der Waals surface area (Å²) < 4.78 is 0. The molecule has 1 aliphatic rings. The highest BCUT2D eigenvalue weighted by atomic mass is 15.0. The summed E-state index contributed by atoms with van der Waals surface area (Å²) in [4.78, 5) is 4.44. The molecule has 1 atom stereocenters. The van der Waals surface area contributed by atoms with Crippen molar-refractivity contribution < 1.29 is 0 Å². The van der Waals surface area contributed by atoms with E-state index in [1.165, 1.54) is 17.2 Å². The molecule has 0 saturated carbocycles. The van der Waals surface area contributed by atoms with Gasteiger partial charge in [0.25, 0.3) is 0 Å². The molecule has 0 radical (unpaired) electrons. The van der Waals surface area contributed by atoms with Crippen LogP contribution in [0.5, 0.6) is 0 Å². The zero-order valence-corrected chi connectivity index (χ0v) is 9.82. The van der Waals surface area contributed by atoms with E-state index < -0.39 is 0 Å². The molecule has 1 aliphatic heterocycles. The Morgan fingerprint density at radius 3 is 3.12 bits per heavy atom. The van der Waals surface area contributed by atoms with Crippen LogP contribution in [0.4, 0.5) is 5.82 Å². The quantitative estimate of drug-likeness (QED) is 0.844. The molecule has 2 heterocycles. The molecule has 17 heavy (non-hydrogen) atoms. The van der Waals surface area contributed by atoms with Gasteiger partial charge in [-0.3, -0.25) is 0 Å². The Kier molecular flexibility index (Phi) is 2.92. The summed E-state index contributed by atoms with van der Waals surface area (Å²) in [6.07, 6.45) is 3.13. The molecule has 0 aliphatic carbocycles. The van der Waals surface area contributed by atoms with Gasteiger partial charge >= 0.3 is 0 Å². The zero-order valence-electron chi connectivity index (χ0n) is 9.82. The van der Waals surface area contributed by atoms with Gasteiger partial charge in [0.15, 0.2) is 0 Å². The average Bonchev–Trinajstić information content (AvgIpc) is 2.89. The molecule has 3 heteroatoms. The van der Waals surface area contributed by atoms with Crippen molar-refractivity contribution >= 4 is 16.6 Å². The highest BCUT2D eigenvalue weighted by Crippen LogP contribution is 2.21. The van der Waals surface area contributed by atoms with Crippen LogP contribution in [0.25, 0.3) is 10.8 Å². The number of hydrogen-bond acceptors (Lipinski definition) is 3. The van der Waals surface area contributed by atoms with Gasteiger partial charge in [0.05, 0.1) is 0 Å². The lowest BCUT2D eigenvalue weighted by molar-refractivity contribution is 0.614. The monoisotopic (exact) mass is 227 g/mol. The molecule has 2 N–H and O–H groups in total. The fourth-order valence-corrected chi connectivity index (χ4v) is 2.39. The van der Waals surface area contributed by atoms with Crippen molar-refractivity contribution in [1.82, 2.24) is 10.3 Å². The van der Waals surface area contributed by atoms with Crippen LogP contribution in [0.1, 0.15) is 6.42 Å². The zero-order chi connectivity index (χ0) is 11.5. The second kappa shape index (κ2) is 4.72. The van der Waals surface area contributed by atoms with E-state index in [0.717, 1.165) is 31.4 Å². The van der Waals surface area contributed by atoms with E-state index in [1.807, 2.05) is 6.20 Å². The minimum atomic E-state index is 0.732. The summed E-state index contributed by atoms with van der Waals surface area (Å²) in [5.41, 5.74) is 0. The molecule has 1 aromatic carbocycles. The number of aromatic nitrogens is 1. The van der Waals surface area contributed by atoms with Crippen molar-refractivity contribution in [3.63, 3.8) is 0 Å². The van der Waals surface area contributed by atoms with Crippen molar-refractivity contribution in [1.29, 1.82) is 0 Å². The Hall–Kier alpha value is -1.61. The normalized spacial score (nSPS) is 19.6. The Balaban J connectivity index is 1.79. The summed E-state index contributed by atoms with van der Waals surface area (Å²) in [6, 6.07) is 10.4. The van der Waals surface area contributed by atoms with Gasteiger partial charge in [0.2, 0.25) is 0 Å². The first-order valence-electron chi connectivity index (χ1n) is 6.22. The lowest BCUT2D eigenvalue weighted by Gasteiger charge is -2.12. The number of pyridine rings is 1. The van der Waals surface area contributed by atoms with E-state index in [-0.39, 0.29) is 0 Å². The Morgan fingerprint density at radius 1 is 1.29 bits per heavy atom. The van der Waals surface area contributed by atoms with E-state index in [4.69, 9.17) is 0 Å². The van der Waals surface area contributed by atoms with Crippen LogP contribution in [0.2, 0.25) is 0 Å². The second-order valence-corrected chi connectivity index (χ2v) is 4.62. The largest absolute Gasteiger partial charge is 0.369 e. The number of nitrogens with zero attached hydrogens (tertiary/aromatic N) is 1. The maximum atomic E-state index is 4.44. The van der Waals surface area contributed by atoms with E-state index in [2.05, 4.69) is 45.9 Å². The van der Waals surface area contributed by atoms with Gasteiger partial charge in [-0.25, -0.2) is 4.98 Å². The first kappa shape index (κ1) is 10.5. The fourth-order valence-electron chi connectivity index (χ4n) is 2.39. The van der Waals surface area contributed by atoms with Gasteiger partial charge in [-0.15, -0.1) is 0 Å². The van der Waals surface area contributed by atoms with E-state index >= 15 is 0 Å². The molecule has 1 aromatic heterocycles. The van der Waals surface area contributed by atoms with Crippen LogP contribution in [0.3, 0.4) is 0 Å². The third-order valence-electron chi connectivity index (χ3n) is 3.39. The number of nitrogens with one attached hydrogen (secondary N) is 2. The van der Waals surface area contributed by atoms with Crippen molar-refractivity contribution in [3.8, 4) is 0 Å². The minimum absolute atomic E-state index is 0.732. The number of rotatable bonds is 3. The van der Waals surface area contributed by atoms with Crippen molar-refractivity contribution in [2.24, 2.45) is 5.92 Å². The van der Waals surface area contributed by atoms with Crippen molar-refractivity contribution in [3.05, 3.63) is 36.5 Å². The third-order valence-corrected chi connectivity index (χ3v) is 3.39. The highest BCUT2D eigenvalue weighted by molar-refractivity contribution is 5.91. The number of hydrogen-bond donors (Lipinski definition) is 2. The lowest BCUT2D eigenvalue weighted by atomic mass is 10.1. The standard InChI is InChI=1S/C14H17N3/c1-2-4-13-12(3-1)6-8-16-14(13)17-10-11-5-7-15-9-11/h1-4,6,8,11,15H,5,7,9-10H2,(H,16,17). The Morgan fingerprint density at radius 2 is 2.24 bits per heavy atom. The molecule has 1 saturated heterocycles. The molecular formula is C14H17N3. The Labute approximate surface area is 101 Å². The minimum Gasteiger partial charge on any atom is -0.369 e. The van der Waals surface area contributed by atoms with Crippen LogP contribution in [-0.2, 0) is 0 Å². The lowest BCUT2D eigenvalue weighted by Crippen LogP contribution is -2.17. The molecule has 88 valence electrons. The van der Waals surface area contributed by atoms with E-state index in [1.54, 1.807) is 0 Å². The van der Waals surface area contributed by atoms with Gasteiger partial charge in [-0.05, 0) is 36.9 Å². The SMILES string of the molecule is c1ccc2c(NCC3CCNC3)nccc2c1. The van der Waals surface area contributed by atoms with Crippen LogP contribution < -0.4 is 10.6 Å². The molecular weight excluding hydrogens is 210 g/mol. The highest BCUT2D eigenvalue weighted by Gasteiger charge is 2.14. The van der Waals surface area contributed by atoms with Crippen LogP contribution in [0.15, 0.2) is 36.5 Å². The third kappa shape index (κ3) is 2.24. The van der Waals surface area contributed by atoms with Crippen LogP contribution in [0, 0.1) is 5.92 Å².